The van der Waals surface area contributed by atoms with Gasteiger partial charge in [0.15, 0.2) is 0 Å². The molecule has 74 valence electrons. The van der Waals surface area contributed by atoms with Gasteiger partial charge in [-0.1, -0.05) is 0 Å². The zero-order valence-corrected chi connectivity index (χ0v) is 9.14. The lowest BCUT2D eigenvalue weighted by atomic mass is 10.4. The maximum absolute atomic E-state index is 4.38. The molecule has 0 spiro atoms. The summed E-state index contributed by atoms with van der Waals surface area (Å²) in [6.45, 7) is 4.93. The van der Waals surface area contributed by atoms with Crippen molar-refractivity contribution in [3.05, 3.63) is 40.1 Å². The van der Waals surface area contributed by atoms with E-state index in [1.165, 1.54) is 4.88 Å². The summed E-state index contributed by atoms with van der Waals surface area (Å²) in [5, 5.41) is 1.13. The van der Waals surface area contributed by atoms with E-state index in [2.05, 4.69) is 17.3 Å². The Labute approximate surface area is 87.4 Å². The van der Waals surface area contributed by atoms with Crippen molar-refractivity contribution in [2.24, 2.45) is 0 Å². The predicted octanol–water partition coefficient (Wildman–Crippen LogP) is 2.31. The molecule has 0 fully saturated rings. The minimum atomic E-state index is 0.839. The van der Waals surface area contributed by atoms with Crippen LogP contribution in [0.15, 0.2) is 24.5 Å². The highest BCUT2D eigenvalue weighted by Crippen LogP contribution is 2.16. The van der Waals surface area contributed by atoms with Crippen molar-refractivity contribution in [2.75, 3.05) is 5.43 Å². The van der Waals surface area contributed by atoms with Gasteiger partial charge in [-0.3, -0.25) is 4.68 Å². The first-order valence-corrected chi connectivity index (χ1v) is 5.37. The fourth-order valence-corrected chi connectivity index (χ4v) is 2.21. The molecule has 0 atom stereocenters. The first kappa shape index (κ1) is 9.27. The van der Waals surface area contributed by atoms with Crippen LogP contribution in [0.2, 0.25) is 0 Å². The molecule has 2 aromatic heterocycles. The molecule has 0 aliphatic carbocycles. The smallest absolute Gasteiger partial charge is 0.0900 e. The van der Waals surface area contributed by atoms with Crippen molar-refractivity contribution >= 4 is 11.3 Å². The highest BCUT2D eigenvalue weighted by Gasteiger charge is 2.03. The zero-order chi connectivity index (χ0) is 9.97. The molecule has 2 aromatic rings. The van der Waals surface area contributed by atoms with E-state index in [0.717, 1.165) is 17.2 Å². The van der Waals surface area contributed by atoms with Crippen LogP contribution in [0.1, 0.15) is 15.6 Å². The third-order valence-electron chi connectivity index (χ3n) is 2.03. The Kier molecular flexibility index (Phi) is 2.54. The lowest BCUT2D eigenvalue weighted by molar-refractivity contribution is 0.849. The Hall–Kier alpha value is -1.29. The second kappa shape index (κ2) is 3.84. The second-order valence-electron chi connectivity index (χ2n) is 3.17. The molecule has 0 saturated carbocycles. The molecule has 0 unspecified atom stereocenters. The third-order valence-corrected chi connectivity index (χ3v) is 3.10. The molecule has 1 N–H and O–H groups in total. The minimum Gasteiger partial charge on any atom is -0.321 e. The topological polar surface area (TPSA) is 29.9 Å². The summed E-state index contributed by atoms with van der Waals surface area (Å²) in [6, 6.07) is 4.00. The van der Waals surface area contributed by atoms with Gasteiger partial charge < -0.3 is 5.43 Å². The quantitative estimate of drug-likeness (QED) is 0.837. The molecule has 14 heavy (non-hydrogen) atoms. The van der Waals surface area contributed by atoms with E-state index in [9.17, 15) is 0 Å². The summed E-state index contributed by atoms with van der Waals surface area (Å²) < 4.78 is 1.95. The van der Waals surface area contributed by atoms with Crippen LogP contribution in [-0.2, 0) is 6.54 Å². The molecule has 2 rings (SSSR count). The maximum Gasteiger partial charge on any atom is 0.0900 e. The number of thiazole rings is 1. The summed E-state index contributed by atoms with van der Waals surface area (Å²) >= 11 is 1.75. The van der Waals surface area contributed by atoms with Gasteiger partial charge in [0, 0.05) is 17.3 Å². The Balaban J connectivity index is 2.01. The Morgan fingerprint density at radius 2 is 2.07 bits per heavy atom. The molecule has 0 aromatic carbocycles. The Morgan fingerprint density at radius 1 is 1.36 bits per heavy atom. The fraction of sp³-hybridized carbons (Fsp3) is 0.300. The van der Waals surface area contributed by atoms with Crippen LogP contribution in [0, 0.1) is 13.8 Å². The van der Waals surface area contributed by atoms with Crippen LogP contribution >= 0.6 is 11.3 Å². The molecule has 3 nitrogen and oxygen atoms in total. The molecular formula is C10H13N3S. The molecule has 0 saturated heterocycles. The number of aromatic nitrogens is 2. The van der Waals surface area contributed by atoms with E-state index >= 15 is 0 Å². The average Bonchev–Trinajstić information content (AvgIpc) is 2.72. The van der Waals surface area contributed by atoms with Gasteiger partial charge in [0.05, 0.1) is 17.2 Å². The summed E-state index contributed by atoms with van der Waals surface area (Å²) in [7, 11) is 0. The predicted molar refractivity (Wildman–Crippen MR) is 59.1 cm³/mol. The first-order chi connectivity index (χ1) is 6.75. The summed E-state index contributed by atoms with van der Waals surface area (Å²) in [6.07, 6.45) is 3.98. The summed E-state index contributed by atoms with van der Waals surface area (Å²) in [5.41, 5.74) is 4.41. The molecule has 0 radical (unpaired) electrons. The number of aryl methyl sites for hydroxylation is 2. The number of nitrogens with one attached hydrogen (secondary N) is 1. The van der Waals surface area contributed by atoms with Crippen LogP contribution in [0.5, 0.6) is 0 Å². The van der Waals surface area contributed by atoms with Gasteiger partial charge in [0.25, 0.3) is 0 Å². The number of rotatable bonds is 3. The van der Waals surface area contributed by atoms with E-state index in [0.29, 0.717) is 0 Å². The number of nitrogens with zero attached hydrogens (tertiary/aromatic N) is 2. The van der Waals surface area contributed by atoms with Crippen LogP contribution in [-0.4, -0.2) is 9.66 Å². The SMILES string of the molecule is Cc1nc(C)c(CNn2cccc2)s1. The van der Waals surface area contributed by atoms with Crippen LogP contribution in [0.3, 0.4) is 0 Å². The van der Waals surface area contributed by atoms with E-state index < -0.39 is 0 Å². The lowest BCUT2D eigenvalue weighted by Crippen LogP contribution is -2.11. The molecule has 2 heterocycles. The lowest BCUT2D eigenvalue weighted by Gasteiger charge is -2.05. The minimum absolute atomic E-state index is 0.839. The van der Waals surface area contributed by atoms with Gasteiger partial charge in [-0.15, -0.1) is 11.3 Å². The third kappa shape index (κ3) is 1.96. The normalized spacial score (nSPS) is 10.4. The van der Waals surface area contributed by atoms with Crippen LogP contribution in [0.25, 0.3) is 0 Å². The largest absolute Gasteiger partial charge is 0.321 e. The van der Waals surface area contributed by atoms with Gasteiger partial charge in [0.1, 0.15) is 0 Å². The van der Waals surface area contributed by atoms with E-state index in [1.54, 1.807) is 11.3 Å². The summed E-state index contributed by atoms with van der Waals surface area (Å²) in [4.78, 5) is 5.68. The van der Waals surface area contributed by atoms with Gasteiger partial charge in [-0.2, -0.15) is 0 Å². The summed E-state index contributed by atoms with van der Waals surface area (Å²) in [5.74, 6) is 0. The monoisotopic (exact) mass is 207 g/mol. The van der Waals surface area contributed by atoms with Crippen molar-refractivity contribution in [1.82, 2.24) is 9.66 Å². The van der Waals surface area contributed by atoms with E-state index in [1.807, 2.05) is 36.1 Å². The van der Waals surface area contributed by atoms with Crippen molar-refractivity contribution in [3.63, 3.8) is 0 Å². The maximum atomic E-state index is 4.38. The highest BCUT2D eigenvalue weighted by atomic mass is 32.1. The molecule has 0 bridgehead atoms. The van der Waals surface area contributed by atoms with Crippen molar-refractivity contribution < 1.29 is 0 Å². The highest BCUT2D eigenvalue weighted by molar-refractivity contribution is 7.11. The van der Waals surface area contributed by atoms with E-state index in [-0.39, 0.29) is 0 Å². The van der Waals surface area contributed by atoms with Gasteiger partial charge in [-0.25, -0.2) is 4.98 Å². The van der Waals surface area contributed by atoms with Crippen LogP contribution in [0.4, 0.5) is 0 Å². The van der Waals surface area contributed by atoms with Gasteiger partial charge >= 0.3 is 0 Å². The number of hydrogen-bond donors (Lipinski definition) is 1. The standard InChI is InChI=1S/C10H13N3S/c1-8-10(14-9(2)12-8)7-11-13-5-3-4-6-13/h3-6,11H,7H2,1-2H3. The van der Waals surface area contributed by atoms with Gasteiger partial charge in [0.2, 0.25) is 0 Å². The van der Waals surface area contributed by atoms with E-state index in [4.69, 9.17) is 0 Å². The second-order valence-corrected chi connectivity index (χ2v) is 4.45. The molecule has 0 aliphatic heterocycles. The first-order valence-electron chi connectivity index (χ1n) is 4.55. The van der Waals surface area contributed by atoms with Gasteiger partial charge in [-0.05, 0) is 26.0 Å². The van der Waals surface area contributed by atoms with Crippen molar-refractivity contribution in [3.8, 4) is 0 Å². The van der Waals surface area contributed by atoms with Crippen LogP contribution < -0.4 is 5.43 Å². The fourth-order valence-electron chi connectivity index (χ4n) is 1.34. The zero-order valence-electron chi connectivity index (χ0n) is 8.32. The molecule has 0 aliphatic rings. The molecular weight excluding hydrogens is 194 g/mol. The number of hydrogen-bond acceptors (Lipinski definition) is 3. The molecule has 0 amide bonds. The Bertz CT molecular complexity index is 403. The average molecular weight is 207 g/mol. The Morgan fingerprint density at radius 3 is 2.64 bits per heavy atom. The van der Waals surface area contributed by atoms with Crippen molar-refractivity contribution in [2.45, 2.75) is 20.4 Å². The van der Waals surface area contributed by atoms with Crippen molar-refractivity contribution in [1.29, 1.82) is 0 Å². The molecule has 4 heteroatoms.